The third kappa shape index (κ3) is 2.67. The molecule has 4 aromatic rings. The molecule has 0 aliphatic carbocycles. The first kappa shape index (κ1) is 14.3. The van der Waals surface area contributed by atoms with Crippen LogP contribution in [0.25, 0.3) is 22.0 Å². The second kappa shape index (κ2) is 6.04. The Morgan fingerprint density at radius 1 is 0.917 bits per heavy atom. The lowest BCUT2D eigenvalue weighted by Gasteiger charge is -2.08. The van der Waals surface area contributed by atoms with Crippen molar-refractivity contribution in [3.05, 3.63) is 89.5 Å². The molecule has 24 heavy (non-hydrogen) atoms. The van der Waals surface area contributed by atoms with Gasteiger partial charge in [-0.15, -0.1) is 0 Å². The highest BCUT2D eigenvalue weighted by Crippen LogP contribution is 2.19. The van der Waals surface area contributed by atoms with E-state index in [2.05, 4.69) is 21.0 Å². The van der Waals surface area contributed by atoms with Crippen LogP contribution in [0.3, 0.4) is 0 Å². The van der Waals surface area contributed by atoms with Gasteiger partial charge in [0, 0.05) is 18.6 Å². The van der Waals surface area contributed by atoms with Gasteiger partial charge in [-0.1, -0.05) is 18.2 Å². The lowest BCUT2D eigenvalue weighted by atomic mass is 10.0. The van der Waals surface area contributed by atoms with Crippen LogP contribution >= 0.6 is 0 Å². The van der Waals surface area contributed by atoms with Gasteiger partial charge in [0.25, 0.3) is 5.56 Å². The van der Waals surface area contributed by atoms with E-state index in [1.807, 2.05) is 30.3 Å². The number of aromatic nitrogens is 4. The van der Waals surface area contributed by atoms with E-state index in [-0.39, 0.29) is 5.56 Å². The molecule has 5 nitrogen and oxygen atoms in total. The fourth-order valence-corrected chi connectivity index (χ4v) is 2.71. The van der Waals surface area contributed by atoms with E-state index in [1.54, 1.807) is 41.7 Å². The van der Waals surface area contributed by atoms with Crippen LogP contribution in [-0.4, -0.2) is 19.5 Å². The second-order valence-corrected chi connectivity index (χ2v) is 5.51. The van der Waals surface area contributed by atoms with Crippen molar-refractivity contribution in [2.24, 2.45) is 0 Å². The van der Waals surface area contributed by atoms with E-state index in [0.717, 1.165) is 16.7 Å². The zero-order valence-electron chi connectivity index (χ0n) is 12.8. The number of pyridine rings is 2. The van der Waals surface area contributed by atoms with Crippen molar-refractivity contribution in [1.29, 1.82) is 0 Å². The minimum absolute atomic E-state index is 0.0586. The summed E-state index contributed by atoms with van der Waals surface area (Å²) in [5.41, 5.74) is 3.80. The molecule has 0 bridgehead atoms. The molecule has 0 spiro atoms. The van der Waals surface area contributed by atoms with Gasteiger partial charge in [-0.25, -0.2) is 4.98 Å². The first-order valence-electron chi connectivity index (χ1n) is 7.60. The molecule has 0 saturated heterocycles. The molecule has 0 atom stereocenters. The summed E-state index contributed by atoms with van der Waals surface area (Å²) >= 11 is 0. The van der Waals surface area contributed by atoms with Crippen LogP contribution in [0.5, 0.6) is 0 Å². The molecule has 0 radical (unpaired) electrons. The van der Waals surface area contributed by atoms with Crippen molar-refractivity contribution in [3.63, 3.8) is 0 Å². The van der Waals surface area contributed by atoms with Gasteiger partial charge in [0.15, 0.2) is 0 Å². The van der Waals surface area contributed by atoms with Crippen LogP contribution in [0, 0.1) is 0 Å². The van der Waals surface area contributed by atoms with Crippen molar-refractivity contribution >= 4 is 10.9 Å². The fraction of sp³-hybridized carbons (Fsp3) is 0.0526. The summed E-state index contributed by atoms with van der Waals surface area (Å²) < 4.78 is 1.62. The Kier molecular flexibility index (Phi) is 3.59. The van der Waals surface area contributed by atoms with Gasteiger partial charge in [0.2, 0.25) is 0 Å². The highest BCUT2D eigenvalue weighted by atomic mass is 16.1. The minimum atomic E-state index is -0.0586. The second-order valence-electron chi connectivity index (χ2n) is 5.51. The van der Waals surface area contributed by atoms with Crippen LogP contribution in [0.2, 0.25) is 0 Å². The monoisotopic (exact) mass is 314 g/mol. The van der Waals surface area contributed by atoms with Crippen molar-refractivity contribution in [2.75, 3.05) is 0 Å². The molecule has 116 valence electrons. The first-order chi connectivity index (χ1) is 11.8. The SMILES string of the molecule is O=c1c2ccncc2ncn1Cc1cccc(-c2ccncc2)c1. The number of fused-ring (bicyclic) bond motifs is 1. The summed E-state index contributed by atoms with van der Waals surface area (Å²) in [6.07, 6.45) is 8.33. The minimum Gasteiger partial charge on any atom is -0.294 e. The molecular formula is C19H14N4O. The molecule has 4 rings (SSSR count). The predicted octanol–water partition coefficient (Wildman–Crippen LogP) is 2.90. The van der Waals surface area contributed by atoms with Crippen LogP contribution in [0.15, 0.2) is 78.4 Å². The van der Waals surface area contributed by atoms with Gasteiger partial charge in [0.1, 0.15) is 0 Å². The Labute approximate surface area is 138 Å². The van der Waals surface area contributed by atoms with Crippen molar-refractivity contribution < 1.29 is 0 Å². The van der Waals surface area contributed by atoms with E-state index in [0.29, 0.717) is 17.4 Å². The van der Waals surface area contributed by atoms with E-state index in [9.17, 15) is 4.79 Å². The molecule has 0 N–H and O–H groups in total. The molecule has 0 aliphatic rings. The summed E-state index contributed by atoms with van der Waals surface area (Å²) in [7, 11) is 0. The molecule has 1 aromatic carbocycles. The highest BCUT2D eigenvalue weighted by molar-refractivity contribution is 5.75. The predicted molar refractivity (Wildman–Crippen MR) is 92.6 cm³/mol. The zero-order valence-corrected chi connectivity index (χ0v) is 12.8. The maximum absolute atomic E-state index is 12.6. The summed E-state index contributed by atoms with van der Waals surface area (Å²) in [6, 6.07) is 13.8. The van der Waals surface area contributed by atoms with Gasteiger partial charge in [-0.2, -0.15) is 0 Å². The Balaban J connectivity index is 1.72. The quantitative estimate of drug-likeness (QED) is 0.583. The number of hydrogen-bond acceptors (Lipinski definition) is 4. The molecule has 0 amide bonds. The molecule has 3 aromatic heterocycles. The topological polar surface area (TPSA) is 60.7 Å². The molecule has 0 saturated carbocycles. The largest absolute Gasteiger partial charge is 0.294 e. The van der Waals surface area contributed by atoms with Gasteiger partial charge in [0.05, 0.1) is 30.0 Å². The van der Waals surface area contributed by atoms with Gasteiger partial charge >= 0.3 is 0 Å². The summed E-state index contributed by atoms with van der Waals surface area (Å²) in [4.78, 5) is 24.9. The molecule has 0 fully saturated rings. The standard InChI is InChI=1S/C19H14N4O/c24-19-17-6-9-21-11-18(17)22-13-23(19)12-14-2-1-3-16(10-14)15-4-7-20-8-5-15/h1-11,13H,12H2. The average Bonchev–Trinajstić information content (AvgIpc) is 2.65. The van der Waals surface area contributed by atoms with Crippen LogP contribution in [-0.2, 0) is 6.54 Å². The van der Waals surface area contributed by atoms with Gasteiger partial charge in [-0.05, 0) is 41.0 Å². The zero-order chi connectivity index (χ0) is 16.4. The van der Waals surface area contributed by atoms with E-state index in [4.69, 9.17) is 0 Å². The lowest BCUT2D eigenvalue weighted by Crippen LogP contribution is -2.21. The van der Waals surface area contributed by atoms with E-state index >= 15 is 0 Å². The normalized spacial score (nSPS) is 10.8. The molecule has 5 heteroatoms. The Bertz CT molecular complexity index is 1060. The fourth-order valence-electron chi connectivity index (χ4n) is 2.71. The van der Waals surface area contributed by atoms with E-state index in [1.165, 1.54) is 0 Å². The smallest absolute Gasteiger partial charge is 0.261 e. The lowest BCUT2D eigenvalue weighted by molar-refractivity contribution is 0.748. The van der Waals surface area contributed by atoms with E-state index < -0.39 is 0 Å². The van der Waals surface area contributed by atoms with Crippen molar-refractivity contribution in [3.8, 4) is 11.1 Å². The molecule has 0 unspecified atom stereocenters. The maximum Gasteiger partial charge on any atom is 0.261 e. The van der Waals surface area contributed by atoms with Crippen molar-refractivity contribution in [2.45, 2.75) is 6.54 Å². The Morgan fingerprint density at radius 2 is 1.75 bits per heavy atom. The number of nitrogens with zero attached hydrogens (tertiary/aromatic N) is 4. The number of benzene rings is 1. The summed E-state index contributed by atoms with van der Waals surface area (Å²) in [5, 5.41) is 0.581. The number of rotatable bonds is 3. The first-order valence-corrected chi connectivity index (χ1v) is 7.60. The average molecular weight is 314 g/mol. The van der Waals surface area contributed by atoms with Gasteiger partial charge < -0.3 is 0 Å². The summed E-state index contributed by atoms with van der Waals surface area (Å²) in [6.45, 7) is 0.475. The highest BCUT2D eigenvalue weighted by Gasteiger charge is 2.05. The third-order valence-corrected chi connectivity index (χ3v) is 3.92. The number of hydrogen-bond donors (Lipinski definition) is 0. The Hall–Kier alpha value is -3.34. The molecular weight excluding hydrogens is 300 g/mol. The van der Waals surface area contributed by atoms with Crippen LogP contribution in [0.1, 0.15) is 5.56 Å². The van der Waals surface area contributed by atoms with Crippen LogP contribution in [0.4, 0.5) is 0 Å². The van der Waals surface area contributed by atoms with Crippen LogP contribution < -0.4 is 5.56 Å². The van der Waals surface area contributed by atoms with Crippen molar-refractivity contribution in [1.82, 2.24) is 19.5 Å². The third-order valence-electron chi connectivity index (χ3n) is 3.92. The molecule has 0 aliphatic heterocycles. The van der Waals surface area contributed by atoms with Gasteiger partial charge in [-0.3, -0.25) is 19.3 Å². The summed E-state index contributed by atoms with van der Waals surface area (Å²) in [5.74, 6) is 0. The Morgan fingerprint density at radius 3 is 2.62 bits per heavy atom. The molecule has 3 heterocycles. The maximum atomic E-state index is 12.6.